The van der Waals surface area contributed by atoms with Crippen LogP contribution in [0.4, 0.5) is 9.39 Å². The van der Waals surface area contributed by atoms with Crippen LogP contribution in [0.15, 0.2) is 42.5 Å². The van der Waals surface area contributed by atoms with Gasteiger partial charge in [-0.1, -0.05) is 30.3 Å². The molecule has 3 aromatic rings. The van der Waals surface area contributed by atoms with E-state index in [1.165, 1.54) is 17.4 Å². The highest BCUT2D eigenvalue weighted by Crippen LogP contribution is 2.33. The van der Waals surface area contributed by atoms with E-state index in [0.29, 0.717) is 29.9 Å². The van der Waals surface area contributed by atoms with Gasteiger partial charge in [-0.25, -0.2) is 9.18 Å². The number of thiophene rings is 1. The Balaban J connectivity index is 1.66. The van der Waals surface area contributed by atoms with Crippen molar-refractivity contribution in [2.24, 2.45) is 0 Å². The van der Waals surface area contributed by atoms with Crippen molar-refractivity contribution in [1.82, 2.24) is 0 Å². The average molecular weight is 371 g/mol. The van der Waals surface area contributed by atoms with Gasteiger partial charge in [-0.2, -0.15) is 0 Å². The number of hydrogen-bond donors (Lipinski definition) is 1. The number of aromatic carboxylic acids is 1. The van der Waals surface area contributed by atoms with E-state index in [-0.39, 0.29) is 5.82 Å². The quantitative estimate of drug-likeness (QED) is 0.748. The maximum absolute atomic E-state index is 13.8. The van der Waals surface area contributed by atoms with Crippen molar-refractivity contribution in [3.05, 3.63) is 64.3 Å². The molecule has 26 heavy (non-hydrogen) atoms. The molecule has 1 fully saturated rings. The number of benzene rings is 2. The van der Waals surface area contributed by atoms with Gasteiger partial charge >= 0.3 is 5.97 Å². The zero-order valence-electron chi connectivity index (χ0n) is 14.1. The largest absolute Gasteiger partial charge is 0.477 e. The molecule has 6 heteroatoms. The number of anilines is 1. The first-order chi connectivity index (χ1) is 12.6. The monoisotopic (exact) mass is 371 g/mol. The SMILES string of the molecule is O=C(O)c1sc(N2CCOCC2)cc1Cc1ccc2c(F)cccc2c1. The summed E-state index contributed by atoms with van der Waals surface area (Å²) in [6, 6.07) is 12.5. The van der Waals surface area contributed by atoms with Gasteiger partial charge in [-0.3, -0.25) is 0 Å². The van der Waals surface area contributed by atoms with Crippen LogP contribution in [0.3, 0.4) is 0 Å². The lowest BCUT2D eigenvalue weighted by atomic mass is 10.0. The number of morpholine rings is 1. The van der Waals surface area contributed by atoms with Gasteiger partial charge in [0.2, 0.25) is 0 Å². The summed E-state index contributed by atoms with van der Waals surface area (Å²) < 4.78 is 19.2. The van der Waals surface area contributed by atoms with E-state index in [1.807, 2.05) is 24.3 Å². The summed E-state index contributed by atoms with van der Waals surface area (Å²) in [6.45, 7) is 2.86. The van der Waals surface area contributed by atoms with E-state index in [2.05, 4.69) is 4.90 Å². The van der Waals surface area contributed by atoms with Crippen LogP contribution in [0.25, 0.3) is 10.8 Å². The maximum Gasteiger partial charge on any atom is 0.346 e. The summed E-state index contributed by atoms with van der Waals surface area (Å²) in [5, 5.41) is 11.9. The van der Waals surface area contributed by atoms with Crippen molar-refractivity contribution in [3.8, 4) is 0 Å². The first kappa shape index (κ1) is 17.0. The molecule has 2 aromatic carbocycles. The van der Waals surface area contributed by atoms with Crippen LogP contribution in [-0.4, -0.2) is 37.4 Å². The van der Waals surface area contributed by atoms with Crippen LogP contribution in [0.5, 0.6) is 0 Å². The minimum atomic E-state index is -0.906. The Morgan fingerprint density at radius 3 is 2.77 bits per heavy atom. The van der Waals surface area contributed by atoms with Gasteiger partial charge < -0.3 is 14.7 Å². The van der Waals surface area contributed by atoms with Gasteiger partial charge in [0.1, 0.15) is 10.7 Å². The van der Waals surface area contributed by atoms with Crippen LogP contribution in [0.1, 0.15) is 20.8 Å². The molecular formula is C20H18FNO3S. The summed E-state index contributed by atoms with van der Waals surface area (Å²) in [5.41, 5.74) is 1.76. The minimum absolute atomic E-state index is 0.245. The van der Waals surface area contributed by atoms with E-state index in [9.17, 15) is 14.3 Å². The molecule has 0 spiro atoms. The molecule has 1 aromatic heterocycles. The van der Waals surface area contributed by atoms with Crippen molar-refractivity contribution < 1.29 is 19.0 Å². The van der Waals surface area contributed by atoms with Crippen molar-refractivity contribution in [2.75, 3.05) is 31.2 Å². The number of carbonyl (C=O) groups is 1. The first-order valence-electron chi connectivity index (χ1n) is 8.47. The molecule has 134 valence electrons. The zero-order valence-corrected chi connectivity index (χ0v) is 14.9. The molecule has 4 nitrogen and oxygen atoms in total. The molecule has 0 atom stereocenters. The molecule has 1 saturated heterocycles. The predicted octanol–water partition coefficient (Wildman–Crippen LogP) is 4.17. The van der Waals surface area contributed by atoms with Gasteiger partial charge in [0.05, 0.1) is 18.2 Å². The van der Waals surface area contributed by atoms with Crippen LogP contribution >= 0.6 is 11.3 Å². The van der Waals surface area contributed by atoms with Gasteiger partial charge in [0, 0.05) is 18.5 Å². The molecule has 0 bridgehead atoms. The molecule has 2 heterocycles. The molecule has 4 rings (SSSR count). The highest BCUT2D eigenvalue weighted by atomic mass is 32.1. The topological polar surface area (TPSA) is 49.8 Å². The first-order valence-corrected chi connectivity index (χ1v) is 9.29. The van der Waals surface area contributed by atoms with E-state index in [1.54, 1.807) is 12.1 Å². The Morgan fingerprint density at radius 1 is 1.19 bits per heavy atom. The van der Waals surface area contributed by atoms with E-state index < -0.39 is 5.97 Å². The molecule has 0 unspecified atom stereocenters. The van der Waals surface area contributed by atoms with Crippen LogP contribution in [-0.2, 0) is 11.2 Å². The maximum atomic E-state index is 13.8. The number of ether oxygens (including phenoxy) is 1. The molecule has 0 radical (unpaired) electrons. The third-order valence-corrected chi connectivity index (χ3v) is 5.83. The molecule has 1 N–H and O–H groups in total. The zero-order chi connectivity index (χ0) is 18.1. The van der Waals surface area contributed by atoms with E-state index in [4.69, 9.17) is 4.74 Å². The third kappa shape index (κ3) is 3.30. The lowest BCUT2D eigenvalue weighted by Crippen LogP contribution is -2.35. The van der Waals surface area contributed by atoms with E-state index >= 15 is 0 Å². The normalized spacial score (nSPS) is 14.7. The fourth-order valence-corrected chi connectivity index (χ4v) is 4.36. The van der Waals surface area contributed by atoms with Crippen molar-refractivity contribution in [3.63, 3.8) is 0 Å². The van der Waals surface area contributed by atoms with Crippen LogP contribution in [0.2, 0.25) is 0 Å². The van der Waals surface area contributed by atoms with Gasteiger partial charge in [0.15, 0.2) is 0 Å². The van der Waals surface area contributed by atoms with Gasteiger partial charge in [-0.15, -0.1) is 11.3 Å². The lowest BCUT2D eigenvalue weighted by Gasteiger charge is -2.27. The van der Waals surface area contributed by atoms with E-state index in [0.717, 1.165) is 34.6 Å². The highest BCUT2D eigenvalue weighted by Gasteiger charge is 2.20. The molecule has 0 aliphatic carbocycles. The minimum Gasteiger partial charge on any atom is -0.477 e. The molecule has 1 aliphatic heterocycles. The molecule has 0 amide bonds. The predicted molar refractivity (Wildman–Crippen MR) is 101 cm³/mol. The fourth-order valence-electron chi connectivity index (χ4n) is 3.29. The lowest BCUT2D eigenvalue weighted by molar-refractivity contribution is 0.0701. The summed E-state index contributed by atoms with van der Waals surface area (Å²) in [6.07, 6.45) is 0.509. The Kier molecular flexibility index (Phi) is 4.61. The van der Waals surface area contributed by atoms with Crippen molar-refractivity contribution in [2.45, 2.75) is 6.42 Å². The average Bonchev–Trinajstić information content (AvgIpc) is 3.07. The summed E-state index contributed by atoms with van der Waals surface area (Å²) in [4.78, 5) is 14.2. The Bertz CT molecular complexity index is 963. The Labute approximate surface area is 154 Å². The fraction of sp³-hybridized carbons (Fsp3) is 0.250. The number of carboxylic acid groups (broad SMARTS) is 1. The summed E-state index contributed by atoms with van der Waals surface area (Å²) >= 11 is 1.31. The second kappa shape index (κ2) is 7.05. The number of nitrogens with zero attached hydrogens (tertiary/aromatic N) is 1. The second-order valence-corrected chi connectivity index (χ2v) is 7.35. The number of halogens is 1. The number of fused-ring (bicyclic) bond motifs is 1. The smallest absolute Gasteiger partial charge is 0.346 e. The standard InChI is InChI=1S/C20H18FNO3S/c21-17-3-1-2-14-10-13(4-5-16(14)17)11-15-12-18(26-19(15)20(23)24)22-6-8-25-9-7-22/h1-5,10,12H,6-9,11H2,(H,23,24). The number of hydrogen-bond acceptors (Lipinski definition) is 4. The van der Waals surface area contributed by atoms with Crippen LogP contribution in [0, 0.1) is 5.82 Å². The Morgan fingerprint density at radius 2 is 2.00 bits per heavy atom. The van der Waals surface area contributed by atoms with Gasteiger partial charge in [0.25, 0.3) is 0 Å². The molecule has 1 aliphatic rings. The summed E-state index contributed by atoms with van der Waals surface area (Å²) in [7, 11) is 0. The van der Waals surface area contributed by atoms with Crippen LogP contribution < -0.4 is 4.90 Å². The molecular weight excluding hydrogens is 353 g/mol. The molecule has 0 saturated carbocycles. The van der Waals surface area contributed by atoms with Crippen molar-refractivity contribution in [1.29, 1.82) is 0 Å². The van der Waals surface area contributed by atoms with Gasteiger partial charge in [-0.05, 0) is 35.1 Å². The van der Waals surface area contributed by atoms with Crippen molar-refractivity contribution >= 4 is 33.1 Å². The number of carboxylic acids is 1. The number of rotatable bonds is 4. The highest BCUT2D eigenvalue weighted by molar-refractivity contribution is 7.18. The second-order valence-electron chi connectivity index (χ2n) is 6.32. The summed E-state index contributed by atoms with van der Waals surface area (Å²) in [5.74, 6) is -1.15. The Hall–Kier alpha value is -2.44. The third-order valence-electron chi connectivity index (χ3n) is 4.60.